The van der Waals surface area contributed by atoms with Gasteiger partial charge < -0.3 is 14.2 Å². The predicted octanol–water partition coefficient (Wildman–Crippen LogP) is 3.65. The van der Waals surface area contributed by atoms with Gasteiger partial charge in [0.15, 0.2) is 0 Å². The van der Waals surface area contributed by atoms with Crippen molar-refractivity contribution in [2.24, 2.45) is 0 Å². The van der Waals surface area contributed by atoms with E-state index in [1.165, 1.54) is 0 Å². The molecule has 0 aromatic carbocycles. The molecule has 0 spiro atoms. The predicted molar refractivity (Wildman–Crippen MR) is 89.6 cm³/mol. The molecule has 2 aromatic heterocycles. The van der Waals surface area contributed by atoms with Gasteiger partial charge in [0, 0.05) is 36.0 Å². The third-order valence-corrected chi connectivity index (χ3v) is 4.01. The fourth-order valence-corrected chi connectivity index (χ4v) is 2.94. The molecule has 0 unspecified atom stereocenters. The Morgan fingerprint density at radius 1 is 1.33 bits per heavy atom. The SMILES string of the molecule is Cc1noc(C)c1-c1cnc2c(c1)CN(C(=O)OC(C)(C)C)CC2. The Morgan fingerprint density at radius 2 is 2.08 bits per heavy atom. The number of hydrogen-bond donors (Lipinski definition) is 0. The Labute approximate surface area is 141 Å². The lowest BCUT2D eigenvalue weighted by Crippen LogP contribution is -2.40. The van der Waals surface area contributed by atoms with Crippen LogP contribution in [-0.2, 0) is 17.7 Å². The third-order valence-electron chi connectivity index (χ3n) is 4.01. The molecule has 128 valence electrons. The minimum atomic E-state index is -0.492. The van der Waals surface area contributed by atoms with E-state index in [1.807, 2.05) is 40.8 Å². The Bertz CT molecular complexity index is 755. The van der Waals surface area contributed by atoms with Crippen LogP contribution in [0.15, 0.2) is 16.8 Å². The molecule has 1 amide bonds. The molecule has 0 N–H and O–H groups in total. The van der Waals surface area contributed by atoms with Crippen molar-refractivity contribution in [2.45, 2.75) is 53.2 Å². The number of carbonyl (C=O) groups is 1. The first-order valence-electron chi connectivity index (χ1n) is 8.13. The van der Waals surface area contributed by atoms with Gasteiger partial charge in [0.1, 0.15) is 11.4 Å². The summed E-state index contributed by atoms with van der Waals surface area (Å²) in [5.74, 6) is 0.772. The Hall–Kier alpha value is -2.37. The van der Waals surface area contributed by atoms with Gasteiger partial charge in [-0.3, -0.25) is 4.98 Å². The summed E-state index contributed by atoms with van der Waals surface area (Å²) in [6.07, 6.45) is 2.31. The van der Waals surface area contributed by atoms with Gasteiger partial charge in [-0.2, -0.15) is 0 Å². The molecule has 3 heterocycles. The van der Waals surface area contributed by atoms with E-state index in [4.69, 9.17) is 9.26 Å². The average molecular weight is 329 g/mol. The van der Waals surface area contributed by atoms with Crippen LogP contribution >= 0.6 is 0 Å². The number of hydrogen-bond acceptors (Lipinski definition) is 5. The third kappa shape index (κ3) is 3.27. The van der Waals surface area contributed by atoms with Crippen molar-refractivity contribution in [3.63, 3.8) is 0 Å². The lowest BCUT2D eigenvalue weighted by Gasteiger charge is -2.31. The van der Waals surface area contributed by atoms with E-state index in [0.717, 1.165) is 40.3 Å². The van der Waals surface area contributed by atoms with Crippen molar-refractivity contribution in [2.75, 3.05) is 6.54 Å². The van der Waals surface area contributed by atoms with Crippen LogP contribution in [0.25, 0.3) is 11.1 Å². The summed E-state index contributed by atoms with van der Waals surface area (Å²) in [4.78, 5) is 18.6. The summed E-state index contributed by atoms with van der Waals surface area (Å²) in [5, 5.41) is 4.00. The zero-order valence-electron chi connectivity index (χ0n) is 14.8. The van der Waals surface area contributed by atoms with Crippen LogP contribution in [0.4, 0.5) is 4.79 Å². The van der Waals surface area contributed by atoms with Crippen molar-refractivity contribution in [3.05, 3.63) is 35.0 Å². The maximum atomic E-state index is 12.3. The minimum Gasteiger partial charge on any atom is -0.444 e. The van der Waals surface area contributed by atoms with Gasteiger partial charge in [0.05, 0.1) is 12.2 Å². The lowest BCUT2D eigenvalue weighted by molar-refractivity contribution is 0.0223. The number of ether oxygens (including phenoxy) is 1. The van der Waals surface area contributed by atoms with Gasteiger partial charge in [0.2, 0.25) is 0 Å². The lowest BCUT2D eigenvalue weighted by atomic mass is 9.99. The topological polar surface area (TPSA) is 68.5 Å². The number of pyridine rings is 1. The first kappa shape index (κ1) is 16.5. The fraction of sp³-hybridized carbons (Fsp3) is 0.500. The summed E-state index contributed by atoms with van der Waals surface area (Å²) >= 11 is 0. The Morgan fingerprint density at radius 3 is 2.71 bits per heavy atom. The zero-order chi connectivity index (χ0) is 17.5. The molecule has 0 saturated carbocycles. The molecular weight excluding hydrogens is 306 g/mol. The maximum absolute atomic E-state index is 12.3. The van der Waals surface area contributed by atoms with Crippen LogP contribution in [-0.4, -0.2) is 33.3 Å². The molecule has 0 atom stereocenters. The van der Waals surface area contributed by atoms with E-state index in [1.54, 1.807) is 4.90 Å². The second-order valence-electron chi connectivity index (χ2n) is 7.18. The number of aryl methyl sites for hydroxylation is 2. The van der Waals surface area contributed by atoms with Crippen molar-refractivity contribution in [1.29, 1.82) is 0 Å². The molecule has 0 fully saturated rings. The number of carbonyl (C=O) groups excluding carboxylic acids is 1. The number of aromatic nitrogens is 2. The normalized spacial score (nSPS) is 14.5. The van der Waals surface area contributed by atoms with Crippen molar-refractivity contribution >= 4 is 6.09 Å². The molecule has 1 aliphatic heterocycles. The smallest absolute Gasteiger partial charge is 0.410 e. The highest BCUT2D eigenvalue weighted by atomic mass is 16.6. The van der Waals surface area contributed by atoms with Crippen LogP contribution in [0, 0.1) is 13.8 Å². The van der Waals surface area contributed by atoms with Crippen molar-refractivity contribution in [1.82, 2.24) is 15.0 Å². The molecule has 1 aliphatic rings. The summed E-state index contributed by atoms with van der Waals surface area (Å²) in [5.41, 5.74) is 4.37. The molecule has 2 aromatic rings. The average Bonchev–Trinajstić information content (AvgIpc) is 2.83. The highest BCUT2D eigenvalue weighted by Gasteiger charge is 2.26. The zero-order valence-corrected chi connectivity index (χ0v) is 14.8. The molecule has 0 aliphatic carbocycles. The van der Waals surface area contributed by atoms with Crippen LogP contribution in [0.2, 0.25) is 0 Å². The molecule has 0 saturated heterocycles. The Kier molecular flexibility index (Phi) is 4.07. The van der Waals surface area contributed by atoms with Gasteiger partial charge in [-0.05, 0) is 46.2 Å². The largest absolute Gasteiger partial charge is 0.444 e. The van der Waals surface area contributed by atoms with Gasteiger partial charge >= 0.3 is 6.09 Å². The molecule has 0 radical (unpaired) electrons. The Balaban J connectivity index is 1.86. The van der Waals surface area contributed by atoms with E-state index in [2.05, 4.69) is 16.2 Å². The van der Waals surface area contributed by atoms with Crippen LogP contribution in [0.3, 0.4) is 0 Å². The highest BCUT2D eigenvalue weighted by Crippen LogP contribution is 2.29. The van der Waals surface area contributed by atoms with E-state index in [0.29, 0.717) is 13.1 Å². The second kappa shape index (κ2) is 5.92. The highest BCUT2D eigenvalue weighted by molar-refractivity contribution is 5.70. The van der Waals surface area contributed by atoms with E-state index in [-0.39, 0.29) is 6.09 Å². The maximum Gasteiger partial charge on any atom is 0.410 e. The standard InChI is InChI=1S/C18H23N3O3/c1-11-16(12(2)24-20-11)13-8-14-10-21(7-6-15(14)19-9-13)17(22)23-18(3,4)5/h8-9H,6-7,10H2,1-5H3. The van der Waals surface area contributed by atoms with E-state index in [9.17, 15) is 4.79 Å². The molecular formula is C18H23N3O3. The monoisotopic (exact) mass is 329 g/mol. The van der Waals surface area contributed by atoms with E-state index < -0.39 is 5.60 Å². The first-order valence-corrected chi connectivity index (χ1v) is 8.13. The quantitative estimate of drug-likeness (QED) is 0.799. The van der Waals surface area contributed by atoms with E-state index >= 15 is 0 Å². The molecule has 24 heavy (non-hydrogen) atoms. The van der Waals surface area contributed by atoms with Crippen molar-refractivity contribution < 1.29 is 14.1 Å². The van der Waals surface area contributed by atoms with Crippen LogP contribution in [0.1, 0.15) is 43.5 Å². The first-order chi connectivity index (χ1) is 11.2. The number of amides is 1. The number of nitrogens with zero attached hydrogens (tertiary/aromatic N) is 3. The van der Waals surface area contributed by atoms with Crippen molar-refractivity contribution in [3.8, 4) is 11.1 Å². The summed E-state index contributed by atoms with van der Waals surface area (Å²) in [7, 11) is 0. The van der Waals surface area contributed by atoms with Crippen LogP contribution in [0.5, 0.6) is 0 Å². The molecule has 0 bridgehead atoms. The molecule has 6 nitrogen and oxygen atoms in total. The van der Waals surface area contributed by atoms with Gasteiger partial charge in [0.25, 0.3) is 0 Å². The van der Waals surface area contributed by atoms with Gasteiger partial charge in [-0.1, -0.05) is 5.16 Å². The second-order valence-corrected chi connectivity index (χ2v) is 7.18. The summed E-state index contributed by atoms with van der Waals surface area (Å²) < 4.78 is 10.7. The fourth-order valence-electron chi connectivity index (χ4n) is 2.94. The number of fused-ring (bicyclic) bond motifs is 1. The molecule has 6 heteroatoms. The van der Waals surface area contributed by atoms with Gasteiger partial charge in [-0.15, -0.1) is 0 Å². The van der Waals surface area contributed by atoms with Gasteiger partial charge in [-0.25, -0.2) is 4.79 Å². The summed E-state index contributed by atoms with van der Waals surface area (Å²) in [6, 6.07) is 2.07. The van der Waals surface area contributed by atoms with Crippen LogP contribution < -0.4 is 0 Å². The number of rotatable bonds is 1. The minimum absolute atomic E-state index is 0.282. The summed E-state index contributed by atoms with van der Waals surface area (Å²) in [6.45, 7) is 10.6. The molecule has 3 rings (SSSR count).